The SMILES string of the molecule is COCCC1CCCCC(C(=O)CCCOC2CCCCO2)(S(=O)(=O)c2ccc(-c3ccc(CCCC(F)(F)F)cc3)cc2)CC1. The van der Waals surface area contributed by atoms with Crippen LogP contribution in [0.1, 0.15) is 95.5 Å². The minimum atomic E-state index is -4.16. The van der Waals surface area contributed by atoms with Gasteiger partial charge in [0.25, 0.3) is 0 Å². The van der Waals surface area contributed by atoms with Gasteiger partial charge in [-0.15, -0.1) is 0 Å². The predicted molar refractivity (Wildman–Crippen MR) is 172 cm³/mol. The third kappa shape index (κ3) is 10.1. The summed E-state index contributed by atoms with van der Waals surface area (Å²) in [5.74, 6) is 0.0615. The highest BCUT2D eigenvalue weighted by Crippen LogP contribution is 2.41. The van der Waals surface area contributed by atoms with E-state index in [1.807, 2.05) is 24.3 Å². The Morgan fingerprint density at radius 3 is 2.24 bits per heavy atom. The summed E-state index contributed by atoms with van der Waals surface area (Å²) in [7, 11) is -2.37. The van der Waals surface area contributed by atoms with Crippen LogP contribution in [0, 0.1) is 5.92 Å². The van der Waals surface area contributed by atoms with E-state index in [1.165, 1.54) is 0 Å². The second-order valence-corrected chi connectivity index (χ2v) is 15.1. The molecule has 10 heteroatoms. The third-order valence-corrected chi connectivity index (χ3v) is 12.1. The van der Waals surface area contributed by atoms with E-state index in [4.69, 9.17) is 14.2 Å². The van der Waals surface area contributed by atoms with Crippen molar-refractivity contribution in [2.24, 2.45) is 5.92 Å². The number of rotatable bonds is 15. The molecule has 2 fully saturated rings. The molecule has 3 atom stereocenters. The molecular formula is C36H49F3O6S. The maximum Gasteiger partial charge on any atom is 0.389 e. The number of aryl methyl sites for hydroxylation is 1. The minimum Gasteiger partial charge on any atom is -0.385 e. The van der Waals surface area contributed by atoms with Crippen LogP contribution in [0.5, 0.6) is 0 Å². The molecule has 6 nitrogen and oxygen atoms in total. The zero-order valence-corrected chi connectivity index (χ0v) is 27.8. The van der Waals surface area contributed by atoms with Crippen LogP contribution in [0.3, 0.4) is 0 Å². The molecule has 0 N–H and O–H groups in total. The lowest BCUT2D eigenvalue weighted by molar-refractivity contribution is -0.163. The van der Waals surface area contributed by atoms with Crippen LogP contribution >= 0.6 is 0 Å². The lowest BCUT2D eigenvalue weighted by Gasteiger charge is -2.36. The van der Waals surface area contributed by atoms with Gasteiger partial charge in [-0.1, -0.05) is 55.7 Å². The summed E-state index contributed by atoms with van der Waals surface area (Å²) in [5.41, 5.74) is 2.45. The molecule has 0 amide bonds. The molecule has 2 aromatic rings. The highest BCUT2D eigenvalue weighted by molar-refractivity contribution is 7.93. The van der Waals surface area contributed by atoms with Crippen molar-refractivity contribution >= 4 is 15.6 Å². The molecule has 2 aliphatic rings. The Morgan fingerprint density at radius 2 is 1.59 bits per heavy atom. The van der Waals surface area contributed by atoms with E-state index in [9.17, 15) is 26.4 Å². The molecule has 2 aromatic carbocycles. The van der Waals surface area contributed by atoms with Crippen molar-refractivity contribution in [2.45, 2.75) is 118 Å². The Hall–Kier alpha value is -2.27. The first kappa shape index (κ1) is 36.6. The van der Waals surface area contributed by atoms with Crippen LogP contribution in [0.15, 0.2) is 53.4 Å². The molecule has 4 rings (SSSR count). The summed E-state index contributed by atoms with van der Waals surface area (Å²) >= 11 is 0. The number of sulfone groups is 1. The van der Waals surface area contributed by atoms with Gasteiger partial charge in [-0.25, -0.2) is 8.42 Å². The number of carbonyl (C=O) groups is 1. The fourth-order valence-corrected chi connectivity index (χ4v) is 8.89. The molecule has 1 saturated carbocycles. The van der Waals surface area contributed by atoms with E-state index >= 15 is 0 Å². The van der Waals surface area contributed by atoms with Gasteiger partial charge < -0.3 is 14.2 Å². The summed E-state index contributed by atoms with van der Waals surface area (Å²) in [6, 6.07) is 14.0. The van der Waals surface area contributed by atoms with Crippen molar-refractivity contribution in [3.8, 4) is 11.1 Å². The smallest absolute Gasteiger partial charge is 0.385 e. The summed E-state index contributed by atoms with van der Waals surface area (Å²) < 4.78 is 81.8. The molecule has 1 aliphatic carbocycles. The van der Waals surface area contributed by atoms with Gasteiger partial charge in [0.05, 0.1) is 11.5 Å². The highest BCUT2D eigenvalue weighted by Gasteiger charge is 2.50. The highest BCUT2D eigenvalue weighted by atomic mass is 32.2. The first-order valence-corrected chi connectivity index (χ1v) is 18.3. The van der Waals surface area contributed by atoms with Gasteiger partial charge in [0.1, 0.15) is 4.75 Å². The van der Waals surface area contributed by atoms with Gasteiger partial charge >= 0.3 is 6.18 Å². The van der Waals surface area contributed by atoms with Gasteiger partial charge in [0, 0.05) is 33.2 Å². The molecule has 256 valence electrons. The van der Waals surface area contributed by atoms with Crippen LogP contribution in [0.25, 0.3) is 11.1 Å². The van der Waals surface area contributed by atoms with E-state index in [2.05, 4.69) is 0 Å². The van der Waals surface area contributed by atoms with E-state index in [0.29, 0.717) is 57.8 Å². The van der Waals surface area contributed by atoms with Crippen molar-refractivity contribution in [3.05, 3.63) is 54.1 Å². The molecule has 1 saturated heterocycles. The first-order chi connectivity index (χ1) is 22.0. The Balaban J connectivity index is 1.50. The van der Waals surface area contributed by atoms with E-state index in [-0.39, 0.29) is 36.2 Å². The van der Waals surface area contributed by atoms with Crippen molar-refractivity contribution < 1.29 is 40.6 Å². The largest absolute Gasteiger partial charge is 0.389 e. The fraction of sp³-hybridized carbons (Fsp3) is 0.639. The number of methoxy groups -OCH3 is 1. The Morgan fingerprint density at radius 1 is 0.891 bits per heavy atom. The Bertz CT molecular complexity index is 1320. The summed E-state index contributed by atoms with van der Waals surface area (Å²) in [4.78, 5) is 14.2. The molecule has 0 radical (unpaired) electrons. The molecule has 46 heavy (non-hydrogen) atoms. The molecule has 3 unspecified atom stereocenters. The zero-order valence-electron chi connectivity index (χ0n) is 27.0. The maximum atomic E-state index is 14.5. The number of ketones is 1. The minimum absolute atomic E-state index is 0.0327. The van der Waals surface area contributed by atoms with Gasteiger partial charge in [-0.2, -0.15) is 13.2 Å². The number of ether oxygens (including phenoxy) is 3. The van der Waals surface area contributed by atoms with Gasteiger partial charge in [0.15, 0.2) is 21.9 Å². The first-order valence-electron chi connectivity index (χ1n) is 16.8. The number of benzene rings is 2. The summed E-state index contributed by atoms with van der Waals surface area (Å²) in [5, 5.41) is 0. The van der Waals surface area contributed by atoms with Crippen LogP contribution < -0.4 is 0 Å². The third-order valence-electron chi connectivity index (χ3n) is 9.52. The van der Waals surface area contributed by atoms with Gasteiger partial charge in [0.2, 0.25) is 0 Å². The van der Waals surface area contributed by atoms with Crippen molar-refractivity contribution in [3.63, 3.8) is 0 Å². The van der Waals surface area contributed by atoms with Crippen molar-refractivity contribution in [2.75, 3.05) is 26.9 Å². The van der Waals surface area contributed by atoms with Gasteiger partial charge in [-0.05, 0) is 98.9 Å². The summed E-state index contributed by atoms with van der Waals surface area (Å²) in [6.07, 6.45) is 3.20. The summed E-state index contributed by atoms with van der Waals surface area (Å²) in [6.45, 7) is 1.62. The second-order valence-electron chi connectivity index (χ2n) is 12.8. The molecule has 1 aliphatic heterocycles. The molecule has 0 spiro atoms. The van der Waals surface area contributed by atoms with E-state index < -0.39 is 27.2 Å². The Kier molecular flexibility index (Phi) is 13.7. The Labute approximate surface area is 272 Å². The van der Waals surface area contributed by atoms with E-state index in [0.717, 1.165) is 55.2 Å². The average molecular weight is 667 g/mol. The lowest BCUT2D eigenvalue weighted by Crippen LogP contribution is -2.47. The molecular weight excluding hydrogens is 617 g/mol. The zero-order chi connectivity index (χ0) is 33.0. The topological polar surface area (TPSA) is 78.9 Å². The number of halogens is 3. The number of hydrogen-bond donors (Lipinski definition) is 0. The predicted octanol–water partition coefficient (Wildman–Crippen LogP) is 8.65. The van der Waals surface area contributed by atoms with Crippen LogP contribution in [0.4, 0.5) is 13.2 Å². The van der Waals surface area contributed by atoms with E-state index in [1.54, 1.807) is 31.4 Å². The van der Waals surface area contributed by atoms with Crippen molar-refractivity contribution in [1.29, 1.82) is 0 Å². The lowest BCUT2D eigenvalue weighted by atomic mass is 9.81. The maximum absolute atomic E-state index is 14.5. The second kappa shape index (κ2) is 17.2. The molecule has 1 heterocycles. The molecule has 0 bridgehead atoms. The van der Waals surface area contributed by atoms with Crippen LogP contribution in [-0.2, 0) is 35.3 Å². The number of carbonyl (C=O) groups excluding carboxylic acids is 1. The van der Waals surface area contributed by atoms with Gasteiger partial charge in [-0.3, -0.25) is 4.79 Å². The standard InChI is InChI=1S/C36H49F3O6S/c1-43-27-21-29-8-2-4-22-35(24-20-29,33(40)10-7-26-45-34-11-3-5-25-44-34)46(41,42)32-18-16-31(17-19-32)30-14-12-28(13-15-30)9-6-23-36(37,38)39/h12-19,29,34H,2-11,20-27H2,1H3. The van der Waals surface area contributed by atoms with Crippen LogP contribution in [-0.4, -0.2) is 58.3 Å². The number of hydrogen-bond acceptors (Lipinski definition) is 6. The monoisotopic (exact) mass is 666 g/mol. The quantitative estimate of drug-likeness (QED) is 0.177. The molecule has 0 aromatic heterocycles. The fourth-order valence-electron chi connectivity index (χ4n) is 6.75. The average Bonchev–Trinajstić information content (AvgIpc) is 3.03. The van der Waals surface area contributed by atoms with Crippen molar-refractivity contribution in [1.82, 2.24) is 0 Å². The number of alkyl halides is 3. The normalized spacial score (nSPS) is 23.0. The number of Topliss-reactive ketones (excluding diaryl/α,β-unsaturated/α-hetero) is 1. The van der Waals surface area contributed by atoms with Crippen LogP contribution in [0.2, 0.25) is 0 Å².